The Hall–Kier alpha value is -2.72. The molecule has 0 aliphatic carbocycles. The minimum Gasteiger partial charge on any atom is -0.496 e. The molecule has 1 N–H and O–H groups in total. The maximum Gasteiger partial charge on any atom is 0.251 e. The number of para-hydroxylation sites is 1. The maximum atomic E-state index is 12.3. The van der Waals surface area contributed by atoms with Crippen molar-refractivity contribution in [1.82, 2.24) is 5.32 Å². The highest BCUT2D eigenvalue weighted by molar-refractivity contribution is 7.98. The predicted molar refractivity (Wildman–Crippen MR) is 116 cm³/mol. The van der Waals surface area contributed by atoms with Gasteiger partial charge in [0.2, 0.25) is 0 Å². The summed E-state index contributed by atoms with van der Waals surface area (Å²) in [5.41, 5.74) is 3.08. The standard InChI is InChI=1S/C24H25NO2S/c1-27-23-12-6-5-8-20(23)9-7-17-25-24(26)21-15-13-19(14-16-21)18-28-22-10-3-2-4-11-22/h2-6,8,10-16H,7,9,17-18H2,1H3,(H,25,26). The van der Waals surface area contributed by atoms with Gasteiger partial charge in [-0.3, -0.25) is 4.79 Å². The molecule has 0 radical (unpaired) electrons. The topological polar surface area (TPSA) is 38.3 Å². The number of hydrogen-bond donors (Lipinski definition) is 1. The molecular weight excluding hydrogens is 366 g/mol. The average molecular weight is 392 g/mol. The summed E-state index contributed by atoms with van der Waals surface area (Å²) in [6.07, 6.45) is 1.75. The molecule has 28 heavy (non-hydrogen) atoms. The van der Waals surface area contributed by atoms with E-state index in [2.05, 4.69) is 23.5 Å². The van der Waals surface area contributed by atoms with Crippen LogP contribution in [0.1, 0.15) is 27.9 Å². The quantitative estimate of drug-likeness (QED) is 0.395. The highest BCUT2D eigenvalue weighted by Crippen LogP contribution is 2.22. The summed E-state index contributed by atoms with van der Waals surface area (Å²) >= 11 is 1.79. The van der Waals surface area contributed by atoms with E-state index in [-0.39, 0.29) is 5.91 Å². The van der Waals surface area contributed by atoms with Gasteiger partial charge in [-0.1, -0.05) is 48.5 Å². The number of benzene rings is 3. The number of methoxy groups -OCH3 is 1. The number of aryl methyl sites for hydroxylation is 1. The van der Waals surface area contributed by atoms with E-state index in [0.29, 0.717) is 12.1 Å². The van der Waals surface area contributed by atoms with E-state index in [1.807, 2.05) is 60.7 Å². The van der Waals surface area contributed by atoms with Gasteiger partial charge in [0, 0.05) is 22.8 Å². The Bertz CT molecular complexity index is 879. The molecule has 3 nitrogen and oxygen atoms in total. The van der Waals surface area contributed by atoms with Gasteiger partial charge in [0.15, 0.2) is 0 Å². The smallest absolute Gasteiger partial charge is 0.251 e. The molecule has 144 valence electrons. The van der Waals surface area contributed by atoms with Gasteiger partial charge in [-0.05, 0) is 54.3 Å². The second-order valence-corrected chi connectivity index (χ2v) is 7.52. The van der Waals surface area contributed by atoms with Crippen molar-refractivity contribution in [2.45, 2.75) is 23.5 Å². The average Bonchev–Trinajstić information content (AvgIpc) is 2.76. The van der Waals surface area contributed by atoms with Crippen LogP contribution in [0, 0.1) is 0 Å². The van der Waals surface area contributed by atoms with Crippen LogP contribution in [0.15, 0.2) is 83.8 Å². The van der Waals surface area contributed by atoms with Crippen LogP contribution in [0.3, 0.4) is 0 Å². The lowest BCUT2D eigenvalue weighted by molar-refractivity contribution is 0.0953. The van der Waals surface area contributed by atoms with Crippen molar-refractivity contribution in [3.63, 3.8) is 0 Å². The highest BCUT2D eigenvalue weighted by Gasteiger charge is 2.06. The molecule has 4 heteroatoms. The summed E-state index contributed by atoms with van der Waals surface area (Å²) in [5, 5.41) is 3.00. The molecule has 3 aromatic rings. The summed E-state index contributed by atoms with van der Waals surface area (Å²) in [4.78, 5) is 13.6. The first-order chi connectivity index (χ1) is 13.8. The van der Waals surface area contributed by atoms with Crippen molar-refractivity contribution in [2.75, 3.05) is 13.7 Å². The van der Waals surface area contributed by atoms with Crippen LogP contribution in [0.4, 0.5) is 0 Å². The Morgan fingerprint density at radius 1 is 0.929 bits per heavy atom. The van der Waals surface area contributed by atoms with Gasteiger partial charge in [0.1, 0.15) is 5.75 Å². The van der Waals surface area contributed by atoms with Crippen molar-refractivity contribution in [1.29, 1.82) is 0 Å². The summed E-state index contributed by atoms with van der Waals surface area (Å²) < 4.78 is 5.36. The molecule has 0 fully saturated rings. The molecule has 0 aliphatic heterocycles. The third kappa shape index (κ3) is 5.89. The van der Waals surface area contributed by atoms with Crippen molar-refractivity contribution >= 4 is 17.7 Å². The van der Waals surface area contributed by atoms with E-state index in [0.717, 1.165) is 24.3 Å². The number of nitrogens with one attached hydrogen (secondary N) is 1. The lowest BCUT2D eigenvalue weighted by Crippen LogP contribution is -2.24. The third-order valence-electron chi connectivity index (χ3n) is 4.47. The van der Waals surface area contributed by atoms with E-state index in [4.69, 9.17) is 4.74 Å². The summed E-state index contributed by atoms with van der Waals surface area (Å²) in [5.74, 6) is 1.77. The molecule has 0 aliphatic rings. The second kappa shape index (κ2) is 10.6. The van der Waals surface area contributed by atoms with Crippen LogP contribution < -0.4 is 10.1 Å². The van der Waals surface area contributed by atoms with Crippen molar-refractivity contribution < 1.29 is 9.53 Å². The van der Waals surface area contributed by atoms with E-state index >= 15 is 0 Å². The van der Waals surface area contributed by atoms with Gasteiger partial charge in [0.25, 0.3) is 5.91 Å². The molecule has 3 aromatic carbocycles. The van der Waals surface area contributed by atoms with Crippen LogP contribution >= 0.6 is 11.8 Å². The Morgan fingerprint density at radius 3 is 2.39 bits per heavy atom. The molecule has 0 saturated heterocycles. The predicted octanol–water partition coefficient (Wildman–Crippen LogP) is 5.35. The lowest BCUT2D eigenvalue weighted by atomic mass is 10.1. The van der Waals surface area contributed by atoms with Crippen LogP contribution in [0.2, 0.25) is 0 Å². The normalized spacial score (nSPS) is 10.5. The lowest BCUT2D eigenvalue weighted by Gasteiger charge is -2.09. The van der Waals surface area contributed by atoms with Crippen LogP contribution in [0.25, 0.3) is 0 Å². The van der Waals surface area contributed by atoms with Gasteiger partial charge in [-0.15, -0.1) is 11.8 Å². The zero-order chi connectivity index (χ0) is 19.6. The zero-order valence-corrected chi connectivity index (χ0v) is 16.9. The van der Waals surface area contributed by atoms with Crippen LogP contribution in [-0.4, -0.2) is 19.6 Å². The first-order valence-corrected chi connectivity index (χ1v) is 10.4. The number of thioether (sulfide) groups is 1. The van der Waals surface area contributed by atoms with Gasteiger partial charge in [-0.25, -0.2) is 0 Å². The Labute approximate surface area is 171 Å². The molecule has 3 rings (SSSR count). The Morgan fingerprint density at radius 2 is 1.64 bits per heavy atom. The van der Waals surface area contributed by atoms with E-state index < -0.39 is 0 Å². The Kier molecular flexibility index (Phi) is 7.56. The number of ether oxygens (including phenoxy) is 1. The zero-order valence-electron chi connectivity index (χ0n) is 16.1. The first-order valence-electron chi connectivity index (χ1n) is 9.43. The number of amides is 1. The SMILES string of the molecule is COc1ccccc1CCCNC(=O)c1ccc(CSc2ccccc2)cc1. The maximum absolute atomic E-state index is 12.3. The van der Waals surface area contributed by atoms with Crippen molar-refractivity contribution in [3.05, 3.63) is 95.6 Å². The molecular formula is C24H25NO2S. The van der Waals surface area contributed by atoms with Gasteiger partial charge < -0.3 is 10.1 Å². The molecule has 0 spiro atoms. The molecule has 0 unspecified atom stereocenters. The van der Waals surface area contributed by atoms with Gasteiger partial charge in [0.05, 0.1) is 7.11 Å². The minimum absolute atomic E-state index is 0.0257. The van der Waals surface area contributed by atoms with E-state index in [1.165, 1.54) is 16.0 Å². The molecule has 0 bridgehead atoms. The highest BCUT2D eigenvalue weighted by atomic mass is 32.2. The van der Waals surface area contributed by atoms with Crippen molar-refractivity contribution in [3.8, 4) is 5.75 Å². The third-order valence-corrected chi connectivity index (χ3v) is 5.55. The number of carbonyl (C=O) groups is 1. The minimum atomic E-state index is -0.0257. The number of rotatable bonds is 9. The molecule has 0 aromatic heterocycles. The monoisotopic (exact) mass is 391 g/mol. The van der Waals surface area contributed by atoms with Gasteiger partial charge in [-0.2, -0.15) is 0 Å². The molecule has 1 amide bonds. The fourth-order valence-corrected chi connectivity index (χ4v) is 3.80. The summed E-state index contributed by atoms with van der Waals surface area (Å²) in [7, 11) is 1.68. The molecule has 0 atom stereocenters. The van der Waals surface area contributed by atoms with E-state index in [1.54, 1.807) is 18.9 Å². The van der Waals surface area contributed by atoms with Crippen LogP contribution in [-0.2, 0) is 12.2 Å². The molecule has 0 heterocycles. The number of carbonyl (C=O) groups excluding carboxylic acids is 1. The summed E-state index contributed by atoms with van der Waals surface area (Å²) in [6, 6.07) is 26.2. The van der Waals surface area contributed by atoms with Crippen molar-refractivity contribution in [2.24, 2.45) is 0 Å². The van der Waals surface area contributed by atoms with Gasteiger partial charge >= 0.3 is 0 Å². The summed E-state index contributed by atoms with van der Waals surface area (Å²) in [6.45, 7) is 0.641. The Balaban J connectivity index is 1.43. The van der Waals surface area contributed by atoms with Crippen LogP contribution in [0.5, 0.6) is 5.75 Å². The largest absolute Gasteiger partial charge is 0.496 e. The fourth-order valence-electron chi connectivity index (χ4n) is 2.93. The molecule has 0 saturated carbocycles. The fraction of sp³-hybridized carbons (Fsp3) is 0.208. The first kappa shape index (κ1) is 20.0. The number of hydrogen-bond acceptors (Lipinski definition) is 3. The van der Waals surface area contributed by atoms with E-state index in [9.17, 15) is 4.79 Å². The second-order valence-electron chi connectivity index (χ2n) is 6.47.